The van der Waals surface area contributed by atoms with E-state index in [0.29, 0.717) is 11.5 Å². The van der Waals surface area contributed by atoms with Crippen LogP contribution in [0.3, 0.4) is 0 Å². The fourth-order valence-electron chi connectivity index (χ4n) is 3.69. The number of para-hydroxylation sites is 1. The van der Waals surface area contributed by atoms with E-state index in [1.54, 1.807) is 22.9 Å². The molecule has 1 N–H and O–H groups in total. The molecule has 0 aliphatic carbocycles. The van der Waals surface area contributed by atoms with Crippen molar-refractivity contribution in [3.63, 3.8) is 0 Å². The minimum Gasteiger partial charge on any atom is -0.454 e. The van der Waals surface area contributed by atoms with E-state index in [0.717, 1.165) is 28.1 Å². The Morgan fingerprint density at radius 2 is 1.72 bits per heavy atom. The molecule has 8 heteroatoms. The number of esters is 1. The Labute approximate surface area is 207 Å². The predicted molar refractivity (Wildman–Crippen MR) is 133 cm³/mol. The standard InChI is InChI=1S/C28H23N3O5/c32-26(29-16-20-11-13-24-25(15-20)36-19-35-24)18-34-27(33)14-12-22-17-31(23-9-5-2-6-10-23)30-28(22)21-7-3-1-4-8-21/h1-15,17H,16,18-19H2,(H,29,32). The van der Waals surface area contributed by atoms with Crippen molar-refractivity contribution in [3.8, 4) is 28.4 Å². The molecule has 5 rings (SSSR count). The third-order valence-electron chi connectivity index (χ3n) is 5.48. The summed E-state index contributed by atoms with van der Waals surface area (Å²) in [7, 11) is 0. The van der Waals surface area contributed by atoms with Crippen LogP contribution >= 0.6 is 0 Å². The van der Waals surface area contributed by atoms with Gasteiger partial charge < -0.3 is 19.5 Å². The zero-order chi connectivity index (χ0) is 24.7. The summed E-state index contributed by atoms with van der Waals surface area (Å²) >= 11 is 0. The van der Waals surface area contributed by atoms with Gasteiger partial charge in [-0.05, 0) is 35.9 Å². The van der Waals surface area contributed by atoms with Gasteiger partial charge in [0, 0.05) is 29.9 Å². The highest BCUT2D eigenvalue weighted by atomic mass is 16.7. The predicted octanol–water partition coefficient (Wildman–Crippen LogP) is 4.14. The first kappa shape index (κ1) is 22.9. The van der Waals surface area contributed by atoms with Crippen LogP contribution in [0.2, 0.25) is 0 Å². The lowest BCUT2D eigenvalue weighted by Gasteiger charge is -2.06. The second-order valence-corrected chi connectivity index (χ2v) is 7.98. The summed E-state index contributed by atoms with van der Waals surface area (Å²) in [4.78, 5) is 24.4. The quantitative estimate of drug-likeness (QED) is 0.300. The number of nitrogens with zero attached hydrogens (tertiary/aromatic N) is 2. The lowest BCUT2D eigenvalue weighted by atomic mass is 10.1. The van der Waals surface area contributed by atoms with Gasteiger partial charge in [-0.25, -0.2) is 9.48 Å². The van der Waals surface area contributed by atoms with Crippen molar-refractivity contribution in [2.75, 3.05) is 13.4 Å². The molecule has 0 bridgehead atoms. The molecule has 0 saturated carbocycles. The summed E-state index contributed by atoms with van der Waals surface area (Å²) in [6, 6.07) is 24.8. The van der Waals surface area contributed by atoms with E-state index < -0.39 is 11.9 Å². The van der Waals surface area contributed by atoms with Crippen LogP contribution < -0.4 is 14.8 Å². The maximum atomic E-state index is 12.3. The largest absolute Gasteiger partial charge is 0.454 e. The molecule has 0 spiro atoms. The van der Waals surface area contributed by atoms with Crippen molar-refractivity contribution < 1.29 is 23.8 Å². The number of hydrogen-bond acceptors (Lipinski definition) is 6. The van der Waals surface area contributed by atoms with E-state index in [1.807, 2.05) is 72.9 Å². The van der Waals surface area contributed by atoms with Crippen LogP contribution in [0.1, 0.15) is 11.1 Å². The summed E-state index contributed by atoms with van der Waals surface area (Å²) in [5.74, 6) is 0.287. The highest BCUT2D eigenvalue weighted by Gasteiger charge is 2.14. The lowest BCUT2D eigenvalue weighted by Crippen LogP contribution is -2.28. The van der Waals surface area contributed by atoms with Gasteiger partial charge in [0.25, 0.3) is 5.91 Å². The van der Waals surface area contributed by atoms with Crippen LogP contribution in [-0.2, 0) is 20.9 Å². The first-order chi connectivity index (χ1) is 17.7. The molecular formula is C28H23N3O5. The topological polar surface area (TPSA) is 91.7 Å². The van der Waals surface area contributed by atoms with E-state index >= 15 is 0 Å². The molecular weight excluding hydrogens is 458 g/mol. The molecule has 36 heavy (non-hydrogen) atoms. The molecule has 0 radical (unpaired) electrons. The second kappa shape index (κ2) is 10.6. The number of aromatic nitrogens is 2. The first-order valence-corrected chi connectivity index (χ1v) is 11.4. The number of benzene rings is 3. The van der Waals surface area contributed by atoms with Gasteiger partial charge in [-0.2, -0.15) is 5.10 Å². The summed E-state index contributed by atoms with van der Waals surface area (Å²) in [6.07, 6.45) is 4.78. The van der Waals surface area contributed by atoms with Gasteiger partial charge in [0.05, 0.1) is 11.4 Å². The third kappa shape index (κ3) is 5.44. The van der Waals surface area contributed by atoms with Crippen LogP contribution in [0.4, 0.5) is 0 Å². The average Bonchev–Trinajstić information content (AvgIpc) is 3.57. The highest BCUT2D eigenvalue weighted by molar-refractivity contribution is 5.90. The van der Waals surface area contributed by atoms with E-state index in [9.17, 15) is 9.59 Å². The highest BCUT2D eigenvalue weighted by Crippen LogP contribution is 2.32. The van der Waals surface area contributed by atoms with E-state index in [4.69, 9.17) is 19.3 Å². The van der Waals surface area contributed by atoms with E-state index in [-0.39, 0.29) is 19.9 Å². The molecule has 0 saturated heterocycles. The van der Waals surface area contributed by atoms with Gasteiger partial charge >= 0.3 is 5.97 Å². The Hall–Kier alpha value is -4.85. The number of hydrogen-bond donors (Lipinski definition) is 1. The summed E-state index contributed by atoms with van der Waals surface area (Å²) in [6.45, 7) is 0.0824. The molecule has 8 nitrogen and oxygen atoms in total. The number of nitrogens with one attached hydrogen (secondary N) is 1. The summed E-state index contributed by atoms with van der Waals surface area (Å²) in [5, 5.41) is 7.43. The normalized spacial score (nSPS) is 12.0. The van der Waals surface area contributed by atoms with Crippen LogP contribution in [0.5, 0.6) is 11.5 Å². The molecule has 1 amide bonds. The van der Waals surface area contributed by atoms with Crippen molar-refractivity contribution >= 4 is 18.0 Å². The molecule has 1 aliphatic heterocycles. The van der Waals surface area contributed by atoms with Crippen LogP contribution in [0.25, 0.3) is 23.0 Å². The second-order valence-electron chi connectivity index (χ2n) is 7.98. The maximum Gasteiger partial charge on any atom is 0.331 e. The zero-order valence-corrected chi connectivity index (χ0v) is 19.3. The number of amides is 1. The number of ether oxygens (including phenoxy) is 3. The smallest absolute Gasteiger partial charge is 0.331 e. The van der Waals surface area contributed by atoms with Gasteiger partial charge in [0.15, 0.2) is 18.1 Å². The Morgan fingerprint density at radius 1 is 0.972 bits per heavy atom. The summed E-state index contributed by atoms with van der Waals surface area (Å²) in [5.41, 5.74) is 4.14. The van der Waals surface area contributed by atoms with Crippen molar-refractivity contribution in [1.82, 2.24) is 15.1 Å². The fourth-order valence-corrected chi connectivity index (χ4v) is 3.69. The van der Waals surface area contributed by atoms with Gasteiger partial charge in [-0.15, -0.1) is 0 Å². The lowest BCUT2D eigenvalue weighted by molar-refractivity contribution is -0.143. The van der Waals surface area contributed by atoms with Crippen molar-refractivity contribution in [2.45, 2.75) is 6.54 Å². The average molecular weight is 482 g/mol. The van der Waals surface area contributed by atoms with Crippen LogP contribution in [-0.4, -0.2) is 35.1 Å². The van der Waals surface area contributed by atoms with Gasteiger partial charge in [0.2, 0.25) is 6.79 Å². The van der Waals surface area contributed by atoms with Gasteiger partial charge in [0.1, 0.15) is 0 Å². The Morgan fingerprint density at radius 3 is 2.53 bits per heavy atom. The monoisotopic (exact) mass is 481 g/mol. The number of carbonyl (C=O) groups is 2. The number of carbonyl (C=O) groups excluding carboxylic acids is 2. The molecule has 1 aliphatic rings. The maximum absolute atomic E-state index is 12.3. The SMILES string of the molecule is O=C(COC(=O)C=Cc1cn(-c2ccccc2)nc1-c1ccccc1)NCc1ccc2c(c1)OCO2. The molecule has 2 heterocycles. The van der Waals surface area contributed by atoms with Gasteiger partial charge in [-0.3, -0.25) is 4.79 Å². The molecule has 0 atom stereocenters. The van der Waals surface area contributed by atoms with Crippen LogP contribution in [0.15, 0.2) is 91.1 Å². The van der Waals surface area contributed by atoms with Crippen LogP contribution in [0, 0.1) is 0 Å². The minimum atomic E-state index is -0.625. The Bertz CT molecular complexity index is 1400. The Kier molecular flexibility index (Phi) is 6.75. The molecule has 1 aromatic heterocycles. The van der Waals surface area contributed by atoms with Crippen molar-refractivity contribution in [3.05, 3.63) is 102 Å². The number of fused-ring (bicyclic) bond motifs is 1. The van der Waals surface area contributed by atoms with Crippen molar-refractivity contribution in [1.29, 1.82) is 0 Å². The molecule has 4 aromatic rings. The molecule has 0 fully saturated rings. The summed E-state index contributed by atoms with van der Waals surface area (Å²) < 4.78 is 17.5. The minimum absolute atomic E-state index is 0.189. The molecule has 180 valence electrons. The first-order valence-electron chi connectivity index (χ1n) is 11.4. The van der Waals surface area contributed by atoms with E-state index in [1.165, 1.54) is 6.08 Å². The fraction of sp³-hybridized carbons (Fsp3) is 0.107. The number of rotatable bonds is 8. The Balaban J connectivity index is 1.20. The zero-order valence-electron chi connectivity index (χ0n) is 19.3. The van der Waals surface area contributed by atoms with E-state index in [2.05, 4.69) is 5.32 Å². The molecule has 3 aromatic carbocycles. The van der Waals surface area contributed by atoms with Gasteiger partial charge in [-0.1, -0.05) is 54.6 Å². The van der Waals surface area contributed by atoms with Crippen molar-refractivity contribution in [2.24, 2.45) is 0 Å². The molecule has 0 unspecified atom stereocenters. The third-order valence-corrected chi connectivity index (χ3v) is 5.48.